The Kier molecular flexibility index (Phi) is 5.39. The van der Waals surface area contributed by atoms with Gasteiger partial charge in [-0.25, -0.2) is 9.59 Å². The number of ether oxygens (including phenoxy) is 1. The molecule has 5 heteroatoms. The Morgan fingerprint density at radius 2 is 1.41 bits per heavy atom. The van der Waals surface area contributed by atoms with Crippen molar-refractivity contribution in [1.82, 2.24) is 5.32 Å². The van der Waals surface area contributed by atoms with E-state index in [1.807, 2.05) is 36.4 Å². The van der Waals surface area contributed by atoms with Gasteiger partial charge in [0.05, 0.1) is 0 Å². The van der Waals surface area contributed by atoms with Gasteiger partial charge < -0.3 is 15.2 Å². The first-order valence-electron chi connectivity index (χ1n) is 11.0. The summed E-state index contributed by atoms with van der Waals surface area (Å²) in [6.07, 6.45) is 1.38. The van der Waals surface area contributed by atoms with E-state index in [0.717, 1.165) is 35.1 Å². The number of rotatable bonds is 6. The molecule has 0 fully saturated rings. The molecular formula is C27H25NO4. The predicted octanol–water partition coefficient (Wildman–Crippen LogP) is 4.78. The van der Waals surface area contributed by atoms with E-state index < -0.39 is 18.1 Å². The molecule has 1 atom stereocenters. The minimum absolute atomic E-state index is 0.0549. The van der Waals surface area contributed by atoms with Crippen LogP contribution >= 0.6 is 0 Å². The number of aliphatic carboxylic acids is 1. The van der Waals surface area contributed by atoms with Crippen LogP contribution in [0.4, 0.5) is 4.79 Å². The van der Waals surface area contributed by atoms with Gasteiger partial charge in [-0.15, -0.1) is 0 Å². The quantitative estimate of drug-likeness (QED) is 0.593. The lowest BCUT2D eigenvalue weighted by Gasteiger charge is -2.19. The third-order valence-electron chi connectivity index (χ3n) is 6.64. The van der Waals surface area contributed by atoms with Crippen molar-refractivity contribution in [3.8, 4) is 11.1 Å². The smallest absolute Gasteiger partial charge is 0.407 e. The summed E-state index contributed by atoms with van der Waals surface area (Å²) < 4.78 is 5.53. The van der Waals surface area contributed by atoms with Crippen molar-refractivity contribution < 1.29 is 19.4 Å². The largest absolute Gasteiger partial charge is 0.480 e. The molecule has 0 radical (unpaired) electrons. The maximum Gasteiger partial charge on any atom is 0.407 e. The summed E-state index contributed by atoms with van der Waals surface area (Å²) in [6.45, 7) is 0.168. The molecule has 0 saturated heterocycles. The lowest BCUT2D eigenvalue weighted by atomic mass is 9.97. The number of carboxylic acid groups (broad SMARTS) is 1. The van der Waals surface area contributed by atoms with E-state index in [4.69, 9.17) is 4.74 Å². The molecule has 5 nitrogen and oxygen atoms in total. The maximum absolute atomic E-state index is 12.5. The fourth-order valence-corrected chi connectivity index (χ4v) is 5.15. The molecule has 162 valence electrons. The molecule has 0 heterocycles. The zero-order valence-corrected chi connectivity index (χ0v) is 17.7. The molecule has 0 aliphatic heterocycles. The van der Waals surface area contributed by atoms with Crippen molar-refractivity contribution in [2.24, 2.45) is 5.92 Å². The number of carbonyl (C=O) groups is 2. The average Bonchev–Trinajstić information content (AvgIpc) is 3.35. The van der Waals surface area contributed by atoms with Crippen LogP contribution in [0.15, 0.2) is 72.8 Å². The Labute approximate surface area is 187 Å². The third-order valence-corrected chi connectivity index (χ3v) is 6.64. The number of hydrogen-bond donors (Lipinski definition) is 2. The lowest BCUT2D eigenvalue weighted by molar-refractivity contribution is -0.139. The van der Waals surface area contributed by atoms with Gasteiger partial charge >= 0.3 is 12.1 Å². The number of carboxylic acids is 1. The molecule has 3 aromatic rings. The lowest BCUT2D eigenvalue weighted by Crippen LogP contribution is -2.42. The van der Waals surface area contributed by atoms with Crippen molar-refractivity contribution >= 4 is 12.1 Å². The Morgan fingerprint density at radius 1 is 0.875 bits per heavy atom. The maximum atomic E-state index is 12.5. The standard InChI is InChI=1S/C27H25NO4/c29-26(30)25(15-17-13-18-7-1-2-8-19(18)14-17)28-27(31)32-16-24-22-11-5-3-9-20(22)21-10-4-6-12-23(21)24/h1-12,17,24-25H,13-16H2,(H,28,31)(H,29,30). The second-order valence-corrected chi connectivity index (χ2v) is 8.64. The van der Waals surface area contributed by atoms with Gasteiger partial charge in [0.15, 0.2) is 0 Å². The normalized spacial score (nSPS) is 15.5. The highest BCUT2D eigenvalue weighted by Gasteiger charge is 2.31. The number of hydrogen-bond acceptors (Lipinski definition) is 3. The molecule has 0 saturated carbocycles. The molecule has 2 aliphatic carbocycles. The van der Waals surface area contributed by atoms with Crippen molar-refractivity contribution in [1.29, 1.82) is 0 Å². The summed E-state index contributed by atoms with van der Waals surface area (Å²) in [7, 11) is 0. The second-order valence-electron chi connectivity index (χ2n) is 8.64. The minimum atomic E-state index is -1.03. The van der Waals surface area contributed by atoms with Crippen LogP contribution in [0.1, 0.15) is 34.6 Å². The van der Waals surface area contributed by atoms with Gasteiger partial charge in [-0.1, -0.05) is 72.8 Å². The topological polar surface area (TPSA) is 75.6 Å². The fraction of sp³-hybridized carbons (Fsp3) is 0.259. The van der Waals surface area contributed by atoms with Gasteiger partial charge in [-0.2, -0.15) is 0 Å². The zero-order valence-electron chi connectivity index (χ0n) is 17.7. The fourth-order valence-electron chi connectivity index (χ4n) is 5.15. The van der Waals surface area contributed by atoms with Crippen LogP contribution in [-0.2, 0) is 22.4 Å². The summed E-state index contributed by atoms with van der Waals surface area (Å²) in [5.41, 5.74) is 7.09. The molecule has 1 amide bonds. The minimum Gasteiger partial charge on any atom is -0.480 e. The van der Waals surface area contributed by atoms with E-state index in [9.17, 15) is 14.7 Å². The second kappa shape index (κ2) is 8.50. The van der Waals surface area contributed by atoms with Gasteiger partial charge in [0.1, 0.15) is 12.6 Å². The van der Waals surface area contributed by atoms with Gasteiger partial charge in [0.25, 0.3) is 0 Å². The highest BCUT2D eigenvalue weighted by Crippen LogP contribution is 2.44. The molecule has 0 spiro atoms. The molecule has 2 N–H and O–H groups in total. The molecule has 1 unspecified atom stereocenters. The van der Waals surface area contributed by atoms with Gasteiger partial charge in [-0.3, -0.25) is 0 Å². The zero-order chi connectivity index (χ0) is 22.1. The van der Waals surface area contributed by atoms with Crippen LogP contribution in [0.5, 0.6) is 0 Å². The number of alkyl carbamates (subject to hydrolysis) is 1. The van der Waals surface area contributed by atoms with Crippen molar-refractivity contribution in [2.45, 2.75) is 31.2 Å². The molecule has 32 heavy (non-hydrogen) atoms. The number of amides is 1. The Morgan fingerprint density at radius 3 is 1.97 bits per heavy atom. The molecule has 3 aromatic carbocycles. The van der Waals surface area contributed by atoms with E-state index in [2.05, 4.69) is 41.7 Å². The highest BCUT2D eigenvalue weighted by molar-refractivity contribution is 5.81. The Bertz CT molecular complexity index is 1100. The van der Waals surface area contributed by atoms with Crippen LogP contribution in [0.3, 0.4) is 0 Å². The summed E-state index contributed by atoms with van der Waals surface area (Å²) >= 11 is 0. The van der Waals surface area contributed by atoms with E-state index in [-0.39, 0.29) is 18.4 Å². The van der Waals surface area contributed by atoms with E-state index in [0.29, 0.717) is 6.42 Å². The summed E-state index contributed by atoms with van der Waals surface area (Å²) in [5, 5.41) is 12.3. The molecule has 0 bridgehead atoms. The summed E-state index contributed by atoms with van der Waals surface area (Å²) in [5.74, 6) is -0.891. The first kappa shape index (κ1) is 20.3. The van der Waals surface area contributed by atoms with E-state index >= 15 is 0 Å². The number of fused-ring (bicyclic) bond motifs is 4. The highest BCUT2D eigenvalue weighted by atomic mass is 16.5. The van der Waals surface area contributed by atoms with Crippen molar-refractivity contribution in [2.75, 3.05) is 6.61 Å². The van der Waals surface area contributed by atoms with Crippen LogP contribution in [0, 0.1) is 5.92 Å². The summed E-state index contributed by atoms with van der Waals surface area (Å²) in [4.78, 5) is 24.3. The molecule has 2 aliphatic rings. The van der Waals surface area contributed by atoms with Crippen LogP contribution in [-0.4, -0.2) is 29.8 Å². The van der Waals surface area contributed by atoms with Crippen molar-refractivity contribution in [3.05, 3.63) is 95.1 Å². The van der Waals surface area contributed by atoms with Gasteiger partial charge in [0.2, 0.25) is 0 Å². The van der Waals surface area contributed by atoms with Crippen LogP contribution in [0.25, 0.3) is 11.1 Å². The Balaban J connectivity index is 1.22. The number of nitrogens with one attached hydrogen (secondary N) is 1. The average molecular weight is 428 g/mol. The third kappa shape index (κ3) is 3.86. The van der Waals surface area contributed by atoms with Crippen molar-refractivity contribution in [3.63, 3.8) is 0 Å². The molecular weight excluding hydrogens is 402 g/mol. The molecule has 5 rings (SSSR count). The summed E-state index contributed by atoms with van der Waals surface area (Å²) in [6, 6.07) is 23.5. The predicted molar refractivity (Wildman–Crippen MR) is 122 cm³/mol. The van der Waals surface area contributed by atoms with Gasteiger partial charge in [0, 0.05) is 5.92 Å². The first-order valence-corrected chi connectivity index (χ1v) is 11.0. The Hall–Kier alpha value is -3.60. The van der Waals surface area contributed by atoms with Crippen LogP contribution in [0.2, 0.25) is 0 Å². The van der Waals surface area contributed by atoms with Crippen LogP contribution < -0.4 is 5.32 Å². The van der Waals surface area contributed by atoms with E-state index in [1.165, 1.54) is 11.1 Å². The monoisotopic (exact) mass is 427 g/mol. The van der Waals surface area contributed by atoms with E-state index in [1.54, 1.807) is 0 Å². The SMILES string of the molecule is O=C(NC(CC1Cc2ccccc2C1)C(=O)O)OCC1c2ccccc2-c2ccccc21. The van der Waals surface area contributed by atoms with Gasteiger partial charge in [-0.05, 0) is 58.6 Å². The number of carbonyl (C=O) groups excluding carboxylic acids is 1. The molecule has 0 aromatic heterocycles. The number of benzene rings is 3. The first-order chi connectivity index (χ1) is 15.6.